The summed E-state index contributed by atoms with van der Waals surface area (Å²) in [5.41, 5.74) is 9.48. The van der Waals surface area contributed by atoms with Gasteiger partial charge in [0.05, 0.1) is 11.4 Å². The van der Waals surface area contributed by atoms with Gasteiger partial charge in [-0.1, -0.05) is 42.5 Å². The van der Waals surface area contributed by atoms with Crippen molar-refractivity contribution >= 4 is 11.4 Å². The van der Waals surface area contributed by atoms with Gasteiger partial charge in [-0.2, -0.15) is 0 Å². The minimum atomic E-state index is 0.0533. The zero-order valence-electron chi connectivity index (χ0n) is 18.9. The molecule has 0 aromatic heterocycles. The van der Waals surface area contributed by atoms with E-state index in [1.165, 1.54) is 44.5 Å². The number of anilines is 2. The van der Waals surface area contributed by atoms with Crippen LogP contribution in [0.4, 0.5) is 11.4 Å². The normalized spacial score (nSPS) is 25.8. The smallest absolute Gasteiger partial charge is 0.175 e. The van der Waals surface area contributed by atoms with E-state index in [2.05, 4.69) is 51.5 Å². The van der Waals surface area contributed by atoms with Crippen LogP contribution in [0.15, 0.2) is 67.1 Å². The minimum Gasteiger partial charge on any atom is -0.476 e. The van der Waals surface area contributed by atoms with Crippen molar-refractivity contribution in [2.45, 2.75) is 50.3 Å². The van der Waals surface area contributed by atoms with Gasteiger partial charge >= 0.3 is 0 Å². The fourth-order valence-corrected chi connectivity index (χ4v) is 5.23. The van der Waals surface area contributed by atoms with E-state index in [1.807, 2.05) is 24.4 Å². The highest BCUT2D eigenvalue weighted by atomic mass is 16.5. The molecule has 2 aliphatic heterocycles. The summed E-state index contributed by atoms with van der Waals surface area (Å²) in [7, 11) is 0. The number of nitrogens with two attached hydrogens (primary N) is 1. The molecule has 2 aromatic carbocycles. The van der Waals surface area contributed by atoms with Gasteiger partial charge < -0.3 is 25.6 Å². The predicted molar refractivity (Wildman–Crippen MR) is 131 cm³/mol. The molecule has 3 atom stereocenters. The van der Waals surface area contributed by atoms with Gasteiger partial charge in [0, 0.05) is 24.6 Å². The van der Waals surface area contributed by atoms with Gasteiger partial charge in [0.15, 0.2) is 6.23 Å². The molecule has 170 valence electrons. The maximum absolute atomic E-state index is 6.16. The predicted octanol–water partition coefficient (Wildman–Crippen LogP) is 4.54. The number of ether oxygens (including phenoxy) is 1. The van der Waals surface area contributed by atoms with Crippen molar-refractivity contribution in [2.75, 3.05) is 36.8 Å². The number of rotatable bonds is 9. The molecule has 0 radical (unpaired) electrons. The molecule has 3 unspecified atom stereocenters. The summed E-state index contributed by atoms with van der Waals surface area (Å²) >= 11 is 0. The fourth-order valence-electron chi connectivity index (χ4n) is 5.23. The van der Waals surface area contributed by atoms with Crippen LogP contribution in [0.2, 0.25) is 0 Å². The van der Waals surface area contributed by atoms with E-state index in [-0.39, 0.29) is 6.23 Å². The second-order valence-electron chi connectivity index (χ2n) is 9.54. The van der Waals surface area contributed by atoms with Crippen LogP contribution < -0.4 is 16.0 Å². The molecular formula is C27H36N4O. The lowest BCUT2D eigenvalue weighted by atomic mass is 9.96. The number of hydrogen-bond donors (Lipinski definition) is 2. The zero-order valence-corrected chi connectivity index (χ0v) is 18.9. The average molecular weight is 433 g/mol. The molecule has 2 aromatic rings. The summed E-state index contributed by atoms with van der Waals surface area (Å²) in [5, 5.41) is 3.84. The standard InChI is InChI=1S/C27H36N4O/c28-24-9-4-5-10-26(24)31-17-18-32-27(31)11-6-14-30-15-12-21(13-16-30)20-29-25-19-23(25)22-7-2-1-3-8-22/h1-5,7-10,17-18,21,23,25,27,29H,6,11-16,19-20,28H2. The Morgan fingerprint density at radius 2 is 1.78 bits per heavy atom. The molecule has 3 aliphatic rings. The van der Waals surface area contributed by atoms with Crippen molar-refractivity contribution in [3.05, 3.63) is 72.6 Å². The summed E-state index contributed by atoms with van der Waals surface area (Å²) in [6.45, 7) is 4.77. The third-order valence-corrected chi connectivity index (χ3v) is 7.30. The van der Waals surface area contributed by atoms with Crippen molar-refractivity contribution in [3.8, 4) is 0 Å². The molecule has 5 nitrogen and oxygen atoms in total. The van der Waals surface area contributed by atoms with Crippen LogP contribution in [0, 0.1) is 5.92 Å². The Morgan fingerprint density at radius 1 is 1.00 bits per heavy atom. The lowest BCUT2D eigenvalue weighted by Crippen LogP contribution is -2.38. The minimum absolute atomic E-state index is 0.0533. The molecule has 5 heteroatoms. The van der Waals surface area contributed by atoms with Crippen LogP contribution in [0.3, 0.4) is 0 Å². The molecule has 1 saturated carbocycles. The molecule has 2 heterocycles. The molecule has 0 bridgehead atoms. The Hall–Kier alpha value is -2.50. The number of benzene rings is 2. The van der Waals surface area contributed by atoms with Crippen molar-refractivity contribution < 1.29 is 4.74 Å². The second-order valence-corrected chi connectivity index (χ2v) is 9.54. The summed E-state index contributed by atoms with van der Waals surface area (Å²) in [5.74, 6) is 1.55. The summed E-state index contributed by atoms with van der Waals surface area (Å²) in [6.07, 6.45) is 9.90. The zero-order chi connectivity index (χ0) is 21.8. The topological polar surface area (TPSA) is 53.8 Å². The third-order valence-electron chi connectivity index (χ3n) is 7.30. The highest BCUT2D eigenvalue weighted by molar-refractivity contribution is 5.69. The highest BCUT2D eigenvalue weighted by Gasteiger charge is 2.38. The van der Waals surface area contributed by atoms with Crippen molar-refractivity contribution in [1.82, 2.24) is 10.2 Å². The SMILES string of the molecule is Nc1ccccc1N1C=COC1CCCN1CCC(CNC2CC2c2ccccc2)CC1. The molecular weight excluding hydrogens is 396 g/mol. The van der Waals surface area contributed by atoms with Crippen LogP contribution in [0.5, 0.6) is 0 Å². The number of nitrogens with one attached hydrogen (secondary N) is 1. The molecule has 5 rings (SSSR count). The third kappa shape index (κ3) is 5.11. The maximum Gasteiger partial charge on any atom is 0.175 e. The number of nitrogens with zero attached hydrogens (tertiary/aromatic N) is 2. The number of likely N-dealkylation sites (tertiary alicyclic amines) is 1. The summed E-state index contributed by atoms with van der Waals surface area (Å²) < 4.78 is 5.85. The van der Waals surface area contributed by atoms with Crippen molar-refractivity contribution in [1.29, 1.82) is 0 Å². The van der Waals surface area contributed by atoms with E-state index in [4.69, 9.17) is 10.5 Å². The van der Waals surface area contributed by atoms with Crippen LogP contribution in [0.25, 0.3) is 0 Å². The van der Waals surface area contributed by atoms with Crippen molar-refractivity contribution in [3.63, 3.8) is 0 Å². The second kappa shape index (κ2) is 9.97. The lowest BCUT2D eigenvalue weighted by Gasteiger charge is -2.32. The molecule has 0 amide bonds. The molecule has 1 saturated heterocycles. The first-order valence-electron chi connectivity index (χ1n) is 12.2. The molecule has 3 N–H and O–H groups in total. The Balaban J connectivity index is 0.985. The molecule has 1 aliphatic carbocycles. The summed E-state index contributed by atoms with van der Waals surface area (Å²) in [4.78, 5) is 4.79. The number of nitrogen functional groups attached to an aromatic ring is 1. The van der Waals surface area contributed by atoms with Gasteiger partial charge in [0.25, 0.3) is 0 Å². The Kier molecular flexibility index (Phi) is 6.65. The Bertz CT molecular complexity index is 894. The van der Waals surface area contributed by atoms with Gasteiger partial charge in [0.2, 0.25) is 0 Å². The van der Waals surface area contributed by atoms with Gasteiger partial charge in [-0.05, 0) is 75.5 Å². The quantitative estimate of drug-likeness (QED) is 0.570. The first-order chi connectivity index (χ1) is 15.8. The lowest BCUT2D eigenvalue weighted by molar-refractivity contribution is 0.140. The van der Waals surface area contributed by atoms with Gasteiger partial charge in [-0.3, -0.25) is 0 Å². The number of hydrogen-bond acceptors (Lipinski definition) is 5. The molecule has 2 fully saturated rings. The van der Waals surface area contributed by atoms with Crippen molar-refractivity contribution in [2.24, 2.45) is 5.92 Å². The van der Waals surface area contributed by atoms with Crippen LogP contribution >= 0.6 is 0 Å². The van der Waals surface area contributed by atoms with Crippen LogP contribution in [-0.2, 0) is 4.74 Å². The number of para-hydroxylation sites is 2. The van der Waals surface area contributed by atoms with E-state index < -0.39 is 0 Å². The van der Waals surface area contributed by atoms with E-state index in [9.17, 15) is 0 Å². The van der Waals surface area contributed by atoms with E-state index >= 15 is 0 Å². The van der Waals surface area contributed by atoms with Crippen LogP contribution in [-0.4, -0.2) is 43.3 Å². The monoisotopic (exact) mass is 432 g/mol. The maximum atomic E-state index is 6.16. The summed E-state index contributed by atoms with van der Waals surface area (Å²) in [6, 6.07) is 19.7. The first kappa shape index (κ1) is 21.4. The first-order valence-corrected chi connectivity index (χ1v) is 12.2. The fraction of sp³-hybridized carbons (Fsp3) is 0.481. The number of piperidine rings is 1. The van der Waals surface area contributed by atoms with E-state index in [1.54, 1.807) is 6.26 Å². The van der Waals surface area contributed by atoms with E-state index in [0.29, 0.717) is 6.04 Å². The average Bonchev–Trinajstić information content (AvgIpc) is 3.47. The van der Waals surface area contributed by atoms with E-state index in [0.717, 1.165) is 42.6 Å². The van der Waals surface area contributed by atoms with Gasteiger partial charge in [-0.25, -0.2) is 0 Å². The molecule has 32 heavy (non-hydrogen) atoms. The van der Waals surface area contributed by atoms with Gasteiger partial charge in [-0.15, -0.1) is 0 Å². The Labute approximate surface area is 192 Å². The molecule has 0 spiro atoms. The van der Waals surface area contributed by atoms with Gasteiger partial charge in [0.1, 0.15) is 6.26 Å². The largest absolute Gasteiger partial charge is 0.476 e. The Morgan fingerprint density at radius 3 is 2.59 bits per heavy atom. The van der Waals surface area contributed by atoms with Crippen LogP contribution in [0.1, 0.15) is 43.6 Å². The highest BCUT2D eigenvalue weighted by Crippen LogP contribution is 2.40.